The summed E-state index contributed by atoms with van der Waals surface area (Å²) in [5, 5.41) is 3.16. The Balaban J connectivity index is 2.15. The number of hydrogen-bond acceptors (Lipinski definition) is 2. The summed E-state index contributed by atoms with van der Waals surface area (Å²) in [6.45, 7) is 1.90. The first kappa shape index (κ1) is 9.93. The molecule has 0 bridgehead atoms. The number of rotatable bonds is 2. The number of furan rings is 1. The van der Waals surface area contributed by atoms with E-state index in [-0.39, 0.29) is 0 Å². The van der Waals surface area contributed by atoms with E-state index in [0.29, 0.717) is 4.99 Å². The van der Waals surface area contributed by atoms with Gasteiger partial charge < -0.3 is 9.73 Å². The third-order valence-electron chi connectivity index (χ3n) is 2.14. The molecule has 0 fully saturated rings. The van der Waals surface area contributed by atoms with E-state index in [1.165, 1.54) is 0 Å². The molecule has 2 rings (SSSR count). The Morgan fingerprint density at radius 3 is 2.53 bits per heavy atom. The van der Waals surface area contributed by atoms with Crippen LogP contribution < -0.4 is 5.32 Å². The van der Waals surface area contributed by atoms with E-state index in [1.54, 1.807) is 6.26 Å². The molecular weight excluding hydrogens is 206 g/mol. The number of thiocarbonyl (C=S) groups is 1. The Morgan fingerprint density at radius 1 is 1.20 bits per heavy atom. The van der Waals surface area contributed by atoms with Crippen molar-refractivity contribution in [1.82, 2.24) is 0 Å². The van der Waals surface area contributed by atoms with Gasteiger partial charge >= 0.3 is 0 Å². The third-order valence-corrected chi connectivity index (χ3v) is 2.46. The quantitative estimate of drug-likeness (QED) is 0.781. The normalized spacial score (nSPS) is 9.93. The van der Waals surface area contributed by atoms with Gasteiger partial charge in [-0.2, -0.15) is 0 Å². The van der Waals surface area contributed by atoms with Crippen LogP contribution in [0.4, 0.5) is 5.69 Å². The van der Waals surface area contributed by atoms with Gasteiger partial charge in [-0.3, -0.25) is 0 Å². The SMILES string of the molecule is Cc1occc1C(=S)Nc1ccccc1. The van der Waals surface area contributed by atoms with Gasteiger partial charge in [-0.1, -0.05) is 30.4 Å². The molecule has 1 aromatic heterocycles. The molecule has 0 spiro atoms. The van der Waals surface area contributed by atoms with E-state index in [0.717, 1.165) is 17.0 Å². The fourth-order valence-corrected chi connectivity index (χ4v) is 1.67. The van der Waals surface area contributed by atoms with Gasteiger partial charge in [-0.25, -0.2) is 0 Å². The van der Waals surface area contributed by atoms with Gasteiger partial charge in [-0.05, 0) is 25.1 Å². The van der Waals surface area contributed by atoms with E-state index < -0.39 is 0 Å². The van der Waals surface area contributed by atoms with Crippen LogP contribution in [0.15, 0.2) is 47.1 Å². The Morgan fingerprint density at radius 2 is 1.93 bits per heavy atom. The van der Waals surface area contributed by atoms with Crippen LogP contribution in [-0.4, -0.2) is 4.99 Å². The van der Waals surface area contributed by atoms with Crippen molar-refractivity contribution in [3.8, 4) is 0 Å². The summed E-state index contributed by atoms with van der Waals surface area (Å²) in [4.78, 5) is 0.687. The topological polar surface area (TPSA) is 25.2 Å². The van der Waals surface area contributed by atoms with Crippen LogP contribution in [0.1, 0.15) is 11.3 Å². The van der Waals surface area contributed by atoms with Crippen LogP contribution in [-0.2, 0) is 0 Å². The minimum Gasteiger partial charge on any atom is -0.469 e. The van der Waals surface area contributed by atoms with Gasteiger partial charge in [0, 0.05) is 5.69 Å². The maximum atomic E-state index is 5.27. The lowest BCUT2D eigenvalue weighted by Gasteiger charge is -2.06. The number of nitrogens with one attached hydrogen (secondary N) is 1. The lowest BCUT2D eigenvalue weighted by atomic mass is 10.2. The molecule has 0 atom stereocenters. The monoisotopic (exact) mass is 217 g/mol. The molecule has 0 amide bonds. The van der Waals surface area contributed by atoms with Gasteiger partial charge in [0.15, 0.2) is 0 Å². The molecule has 0 aliphatic carbocycles. The van der Waals surface area contributed by atoms with E-state index in [2.05, 4.69) is 5.32 Å². The average Bonchev–Trinajstić information content (AvgIpc) is 2.66. The summed E-state index contributed by atoms with van der Waals surface area (Å²) < 4.78 is 5.20. The molecule has 0 saturated heterocycles. The average molecular weight is 217 g/mol. The molecule has 0 aliphatic heterocycles. The molecular formula is C12H11NOS. The zero-order valence-electron chi connectivity index (χ0n) is 8.36. The predicted molar refractivity (Wildman–Crippen MR) is 65.2 cm³/mol. The van der Waals surface area contributed by atoms with Crippen LogP contribution in [0.2, 0.25) is 0 Å². The van der Waals surface area contributed by atoms with Gasteiger partial charge in [0.2, 0.25) is 0 Å². The van der Waals surface area contributed by atoms with Crippen LogP contribution in [0.25, 0.3) is 0 Å². The van der Waals surface area contributed by atoms with Gasteiger partial charge in [0.1, 0.15) is 10.7 Å². The van der Waals surface area contributed by atoms with Crippen LogP contribution >= 0.6 is 12.2 Å². The Labute approximate surface area is 93.9 Å². The second-order valence-corrected chi connectivity index (χ2v) is 3.62. The lowest BCUT2D eigenvalue weighted by Crippen LogP contribution is -2.10. The second kappa shape index (κ2) is 4.28. The van der Waals surface area contributed by atoms with E-state index in [1.807, 2.05) is 43.3 Å². The molecule has 0 radical (unpaired) electrons. The molecule has 0 aliphatic rings. The van der Waals surface area contributed by atoms with Gasteiger partial charge in [0.25, 0.3) is 0 Å². The molecule has 2 nitrogen and oxygen atoms in total. The molecule has 0 saturated carbocycles. The summed E-state index contributed by atoms with van der Waals surface area (Å²) in [6.07, 6.45) is 1.64. The summed E-state index contributed by atoms with van der Waals surface area (Å²) in [5.74, 6) is 0.837. The van der Waals surface area contributed by atoms with Gasteiger partial charge in [-0.15, -0.1) is 0 Å². The summed E-state index contributed by atoms with van der Waals surface area (Å²) in [6, 6.07) is 11.7. The zero-order valence-corrected chi connectivity index (χ0v) is 9.17. The van der Waals surface area contributed by atoms with Crippen molar-refractivity contribution in [2.24, 2.45) is 0 Å². The summed E-state index contributed by atoms with van der Waals surface area (Å²) in [5.41, 5.74) is 1.93. The van der Waals surface area contributed by atoms with E-state index in [9.17, 15) is 0 Å². The highest BCUT2D eigenvalue weighted by atomic mass is 32.1. The van der Waals surface area contributed by atoms with Crippen molar-refractivity contribution in [1.29, 1.82) is 0 Å². The molecule has 0 unspecified atom stereocenters. The number of hydrogen-bond donors (Lipinski definition) is 1. The maximum Gasteiger partial charge on any atom is 0.114 e. The fraction of sp³-hybridized carbons (Fsp3) is 0.0833. The molecule has 3 heteroatoms. The molecule has 1 heterocycles. The van der Waals surface area contributed by atoms with Crippen molar-refractivity contribution in [2.45, 2.75) is 6.92 Å². The molecule has 1 N–H and O–H groups in total. The first-order valence-electron chi connectivity index (χ1n) is 4.68. The highest BCUT2D eigenvalue weighted by molar-refractivity contribution is 7.81. The molecule has 76 valence electrons. The number of anilines is 1. The number of para-hydroxylation sites is 1. The van der Waals surface area contributed by atoms with Crippen molar-refractivity contribution in [2.75, 3.05) is 5.32 Å². The first-order chi connectivity index (χ1) is 7.27. The standard InChI is InChI=1S/C12H11NOS/c1-9-11(7-8-14-9)12(15)13-10-5-3-2-4-6-10/h2-8H,1H3,(H,13,15). The summed E-state index contributed by atoms with van der Waals surface area (Å²) in [7, 11) is 0. The minimum absolute atomic E-state index is 0.687. The van der Waals surface area contributed by atoms with Crippen molar-refractivity contribution >= 4 is 22.9 Å². The molecule has 15 heavy (non-hydrogen) atoms. The number of aryl methyl sites for hydroxylation is 1. The van der Waals surface area contributed by atoms with Crippen molar-refractivity contribution in [3.05, 3.63) is 54.0 Å². The fourth-order valence-electron chi connectivity index (χ4n) is 1.34. The van der Waals surface area contributed by atoms with E-state index >= 15 is 0 Å². The molecule has 2 aromatic rings. The Kier molecular flexibility index (Phi) is 2.83. The van der Waals surface area contributed by atoms with Crippen LogP contribution in [0.5, 0.6) is 0 Å². The Bertz CT molecular complexity index is 461. The smallest absolute Gasteiger partial charge is 0.114 e. The minimum atomic E-state index is 0.687. The van der Waals surface area contributed by atoms with Crippen molar-refractivity contribution in [3.63, 3.8) is 0 Å². The first-order valence-corrected chi connectivity index (χ1v) is 5.08. The zero-order chi connectivity index (χ0) is 10.7. The van der Waals surface area contributed by atoms with Gasteiger partial charge in [0.05, 0.1) is 11.8 Å². The number of benzene rings is 1. The Hall–Kier alpha value is -1.61. The van der Waals surface area contributed by atoms with Crippen LogP contribution in [0, 0.1) is 6.92 Å². The van der Waals surface area contributed by atoms with Crippen LogP contribution in [0.3, 0.4) is 0 Å². The largest absolute Gasteiger partial charge is 0.469 e. The summed E-state index contributed by atoms with van der Waals surface area (Å²) >= 11 is 5.27. The highest BCUT2D eigenvalue weighted by Crippen LogP contribution is 2.13. The van der Waals surface area contributed by atoms with E-state index in [4.69, 9.17) is 16.6 Å². The molecule has 1 aromatic carbocycles. The second-order valence-electron chi connectivity index (χ2n) is 3.21. The highest BCUT2D eigenvalue weighted by Gasteiger charge is 2.06. The maximum absolute atomic E-state index is 5.27. The third kappa shape index (κ3) is 2.25. The lowest BCUT2D eigenvalue weighted by molar-refractivity contribution is 0.533. The predicted octanol–water partition coefficient (Wildman–Crippen LogP) is 3.38. The van der Waals surface area contributed by atoms with Crippen molar-refractivity contribution < 1.29 is 4.42 Å².